The van der Waals surface area contributed by atoms with Crippen LogP contribution in [0.15, 0.2) is 42.5 Å². The van der Waals surface area contributed by atoms with Crippen LogP contribution >= 0.6 is 0 Å². The van der Waals surface area contributed by atoms with Gasteiger partial charge >= 0.3 is 11.9 Å². The molecule has 0 aliphatic rings. The third-order valence-corrected chi connectivity index (χ3v) is 3.45. The zero-order chi connectivity index (χ0) is 19.1. The van der Waals surface area contributed by atoms with Gasteiger partial charge in [-0.05, 0) is 37.3 Å². The summed E-state index contributed by atoms with van der Waals surface area (Å²) in [6, 6.07) is 11.4. The number of hydrogen-bond acceptors (Lipinski definition) is 6. The van der Waals surface area contributed by atoms with Crippen molar-refractivity contribution in [1.29, 1.82) is 0 Å². The minimum atomic E-state index is -0.637. The molecule has 0 unspecified atom stereocenters. The maximum Gasteiger partial charge on any atom is 0.337 e. The quantitative estimate of drug-likeness (QED) is 0.799. The van der Waals surface area contributed by atoms with E-state index in [9.17, 15) is 14.4 Å². The molecule has 0 spiro atoms. The fourth-order valence-corrected chi connectivity index (χ4v) is 2.15. The Morgan fingerprint density at radius 2 is 1.42 bits per heavy atom. The second-order valence-electron chi connectivity index (χ2n) is 5.43. The first-order chi connectivity index (χ1) is 12.4. The van der Waals surface area contributed by atoms with Crippen LogP contribution in [0, 0.1) is 6.92 Å². The van der Waals surface area contributed by atoms with Crippen molar-refractivity contribution in [3.05, 3.63) is 59.2 Å². The fourth-order valence-electron chi connectivity index (χ4n) is 2.15. The maximum absolute atomic E-state index is 12.1. The number of benzene rings is 2. The first-order valence-corrected chi connectivity index (χ1v) is 7.74. The Bertz CT molecular complexity index is 779. The molecule has 0 radical (unpaired) electrons. The van der Waals surface area contributed by atoms with Crippen LogP contribution in [0.2, 0.25) is 0 Å². The highest BCUT2D eigenvalue weighted by atomic mass is 16.5. The number of esters is 2. The van der Waals surface area contributed by atoms with E-state index in [4.69, 9.17) is 4.74 Å². The summed E-state index contributed by atoms with van der Waals surface area (Å²) in [7, 11) is 2.45. The van der Waals surface area contributed by atoms with Crippen molar-refractivity contribution in [2.24, 2.45) is 0 Å². The van der Waals surface area contributed by atoms with Crippen LogP contribution in [0.3, 0.4) is 0 Å². The lowest BCUT2D eigenvalue weighted by molar-refractivity contribution is -0.118. The first-order valence-electron chi connectivity index (χ1n) is 7.74. The largest absolute Gasteiger partial charge is 0.484 e. The number of carbonyl (C=O) groups is 3. The van der Waals surface area contributed by atoms with E-state index in [0.29, 0.717) is 5.75 Å². The van der Waals surface area contributed by atoms with Gasteiger partial charge in [-0.3, -0.25) is 4.79 Å². The Morgan fingerprint density at radius 3 is 1.92 bits per heavy atom. The zero-order valence-corrected chi connectivity index (χ0v) is 14.7. The summed E-state index contributed by atoms with van der Waals surface area (Å²) in [5.74, 6) is -1.16. The number of amides is 1. The third-order valence-electron chi connectivity index (χ3n) is 3.45. The zero-order valence-electron chi connectivity index (χ0n) is 14.7. The number of rotatable bonds is 6. The lowest BCUT2D eigenvalue weighted by Crippen LogP contribution is -2.21. The van der Waals surface area contributed by atoms with Crippen molar-refractivity contribution in [1.82, 2.24) is 0 Å². The number of methoxy groups -OCH3 is 2. The van der Waals surface area contributed by atoms with Crippen molar-refractivity contribution in [2.75, 3.05) is 26.1 Å². The highest BCUT2D eigenvalue weighted by Gasteiger charge is 2.15. The van der Waals surface area contributed by atoms with Gasteiger partial charge in [0.1, 0.15) is 5.75 Å². The molecule has 1 N–H and O–H groups in total. The van der Waals surface area contributed by atoms with Gasteiger partial charge in [0.05, 0.1) is 25.3 Å². The van der Waals surface area contributed by atoms with Gasteiger partial charge in [-0.1, -0.05) is 17.7 Å². The molecule has 1 amide bonds. The minimum Gasteiger partial charge on any atom is -0.484 e. The van der Waals surface area contributed by atoms with Gasteiger partial charge in [-0.25, -0.2) is 9.59 Å². The minimum absolute atomic E-state index is 0.116. The molecule has 2 aromatic rings. The second kappa shape index (κ2) is 8.66. The summed E-state index contributed by atoms with van der Waals surface area (Å²) in [6.07, 6.45) is 0. The molecule has 2 rings (SSSR count). The topological polar surface area (TPSA) is 90.9 Å². The Kier molecular flexibility index (Phi) is 6.32. The number of carbonyl (C=O) groups excluding carboxylic acids is 3. The summed E-state index contributed by atoms with van der Waals surface area (Å²) in [4.78, 5) is 35.6. The van der Waals surface area contributed by atoms with Crippen molar-refractivity contribution in [3.63, 3.8) is 0 Å². The van der Waals surface area contributed by atoms with Crippen LogP contribution in [0.25, 0.3) is 0 Å². The molecule has 0 aromatic heterocycles. The van der Waals surface area contributed by atoms with Crippen LogP contribution < -0.4 is 10.1 Å². The van der Waals surface area contributed by atoms with Gasteiger partial charge in [-0.15, -0.1) is 0 Å². The van der Waals surface area contributed by atoms with E-state index in [1.807, 2.05) is 19.1 Å². The molecule has 26 heavy (non-hydrogen) atoms. The molecule has 0 aliphatic carbocycles. The van der Waals surface area contributed by atoms with Crippen LogP contribution in [-0.4, -0.2) is 38.7 Å². The maximum atomic E-state index is 12.1. The Labute approximate surface area is 150 Å². The molecule has 0 fully saturated rings. The molecule has 0 aliphatic heterocycles. The van der Waals surface area contributed by atoms with E-state index in [1.165, 1.54) is 32.4 Å². The normalized spacial score (nSPS) is 9.96. The van der Waals surface area contributed by atoms with Gasteiger partial charge in [-0.2, -0.15) is 0 Å². The molecule has 0 bridgehead atoms. The van der Waals surface area contributed by atoms with Crippen LogP contribution in [0.1, 0.15) is 26.3 Å². The van der Waals surface area contributed by atoms with Crippen LogP contribution in [0.4, 0.5) is 5.69 Å². The van der Waals surface area contributed by atoms with Gasteiger partial charge in [0, 0.05) is 5.69 Å². The summed E-state index contributed by atoms with van der Waals surface area (Å²) in [5.41, 5.74) is 1.57. The molecular formula is C19H19NO6. The molecule has 0 atom stereocenters. The predicted octanol–water partition coefficient (Wildman–Crippen LogP) is 2.59. The fraction of sp³-hybridized carbons (Fsp3) is 0.211. The number of nitrogens with one attached hydrogen (secondary N) is 1. The highest BCUT2D eigenvalue weighted by molar-refractivity contribution is 5.99. The van der Waals surface area contributed by atoms with E-state index in [1.54, 1.807) is 12.1 Å². The van der Waals surface area contributed by atoms with E-state index in [2.05, 4.69) is 14.8 Å². The van der Waals surface area contributed by atoms with Gasteiger partial charge in [0.15, 0.2) is 6.61 Å². The van der Waals surface area contributed by atoms with Crippen LogP contribution in [-0.2, 0) is 14.3 Å². The molecule has 0 saturated heterocycles. The molecule has 0 heterocycles. The number of aryl methyl sites for hydroxylation is 1. The van der Waals surface area contributed by atoms with Crippen molar-refractivity contribution < 1.29 is 28.6 Å². The van der Waals surface area contributed by atoms with Crippen molar-refractivity contribution in [2.45, 2.75) is 6.92 Å². The summed E-state index contributed by atoms with van der Waals surface area (Å²) in [5, 5.41) is 2.58. The van der Waals surface area contributed by atoms with Gasteiger partial charge < -0.3 is 19.5 Å². The first kappa shape index (κ1) is 19.0. The average molecular weight is 357 g/mol. The van der Waals surface area contributed by atoms with E-state index >= 15 is 0 Å². The summed E-state index contributed by atoms with van der Waals surface area (Å²) < 4.78 is 14.7. The molecule has 7 nitrogen and oxygen atoms in total. The van der Waals surface area contributed by atoms with Crippen molar-refractivity contribution in [3.8, 4) is 5.75 Å². The van der Waals surface area contributed by atoms with E-state index in [-0.39, 0.29) is 23.4 Å². The monoisotopic (exact) mass is 357 g/mol. The molecule has 2 aromatic carbocycles. The van der Waals surface area contributed by atoms with Crippen molar-refractivity contribution >= 4 is 23.5 Å². The number of hydrogen-bond donors (Lipinski definition) is 1. The summed E-state index contributed by atoms with van der Waals surface area (Å²) >= 11 is 0. The molecule has 0 saturated carbocycles. The lowest BCUT2D eigenvalue weighted by atomic mass is 10.1. The Balaban J connectivity index is 2.11. The molecule has 136 valence electrons. The van der Waals surface area contributed by atoms with Gasteiger partial charge in [0.2, 0.25) is 0 Å². The lowest BCUT2D eigenvalue weighted by Gasteiger charge is -2.10. The summed E-state index contributed by atoms with van der Waals surface area (Å²) in [6.45, 7) is 1.72. The average Bonchev–Trinajstić information content (AvgIpc) is 2.65. The molecular weight excluding hydrogens is 338 g/mol. The Morgan fingerprint density at radius 1 is 0.885 bits per heavy atom. The standard InChI is InChI=1S/C19H19NO6/c1-12-4-6-16(7-5-12)26-11-17(21)20-15-9-13(18(22)24-2)8-14(10-15)19(23)25-3/h4-10H,11H2,1-3H3,(H,20,21). The Hall–Kier alpha value is -3.35. The van der Waals surface area contributed by atoms with Gasteiger partial charge in [0.25, 0.3) is 5.91 Å². The van der Waals surface area contributed by atoms with E-state index < -0.39 is 17.8 Å². The number of ether oxygens (including phenoxy) is 3. The van der Waals surface area contributed by atoms with E-state index in [0.717, 1.165) is 5.56 Å². The second-order valence-corrected chi connectivity index (χ2v) is 5.43. The SMILES string of the molecule is COC(=O)c1cc(NC(=O)COc2ccc(C)cc2)cc(C(=O)OC)c1. The van der Waals surface area contributed by atoms with Crippen LogP contribution in [0.5, 0.6) is 5.75 Å². The molecule has 7 heteroatoms. The highest BCUT2D eigenvalue weighted by Crippen LogP contribution is 2.17. The number of anilines is 1. The smallest absolute Gasteiger partial charge is 0.337 e. The third kappa shape index (κ3) is 5.07. The predicted molar refractivity (Wildman–Crippen MR) is 94.4 cm³/mol.